The number of carbonyl (C=O) groups excluding carboxylic acids is 2. The largest absolute Gasteiger partial charge is 0.508 e. The highest BCUT2D eigenvalue weighted by atomic mass is 16.3. The highest BCUT2D eigenvalue weighted by molar-refractivity contribution is 5.88. The molecule has 39 heavy (non-hydrogen) atoms. The number of ketones is 1. The van der Waals surface area contributed by atoms with Crippen LogP contribution in [0.5, 0.6) is 5.75 Å². The Balaban J connectivity index is 1.66. The van der Waals surface area contributed by atoms with Gasteiger partial charge in [0.2, 0.25) is 5.91 Å². The molecule has 1 amide bonds. The quantitative estimate of drug-likeness (QED) is 0.191. The fraction of sp³-hybridized carbons (Fsp3) is 0.312. The Labute approximate surface area is 229 Å². The Kier molecular flexibility index (Phi) is 11.4. The minimum absolute atomic E-state index is 0.0766. The number of primary amides is 1. The van der Waals surface area contributed by atoms with Crippen LogP contribution in [0.15, 0.2) is 97.1 Å². The van der Waals surface area contributed by atoms with E-state index >= 15 is 0 Å². The smallest absolute Gasteiger partial charge is 0.221 e. The van der Waals surface area contributed by atoms with Crippen molar-refractivity contribution in [3.63, 3.8) is 0 Å². The molecule has 0 fully saturated rings. The fourth-order valence-electron chi connectivity index (χ4n) is 4.57. The van der Waals surface area contributed by atoms with E-state index in [-0.39, 0.29) is 24.4 Å². The number of hydrogen-bond donors (Lipinski definition) is 5. The molecule has 0 radical (unpaired) electrons. The van der Waals surface area contributed by atoms with E-state index in [4.69, 9.17) is 11.5 Å². The molecule has 0 spiro atoms. The second kappa shape index (κ2) is 15.0. The van der Waals surface area contributed by atoms with Crippen LogP contribution in [-0.4, -0.2) is 45.3 Å². The summed E-state index contributed by atoms with van der Waals surface area (Å²) in [7, 11) is 0. The van der Waals surface area contributed by atoms with Crippen molar-refractivity contribution in [3.05, 3.63) is 114 Å². The first kappa shape index (κ1) is 29.8. The van der Waals surface area contributed by atoms with Crippen molar-refractivity contribution in [2.75, 3.05) is 0 Å². The third-order valence-electron chi connectivity index (χ3n) is 6.91. The maximum atomic E-state index is 13.4. The normalized spacial score (nSPS) is 15.4. The third kappa shape index (κ3) is 9.80. The molecule has 5 atom stereocenters. The summed E-state index contributed by atoms with van der Waals surface area (Å²) in [6.07, 6.45) is 2.34. The molecule has 3 rings (SSSR count). The summed E-state index contributed by atoms with van der Waals surface area (Å²) in [4.78, 5) is 25.6. The molecule has 0 aliphatic rings. The SMILES string of the molecule is NC(=O)C(CC(=O)C(Cc1ccccc1)C(O)/C=C/CC(O)C(N)Cc1ccc(O)cc1)Cc1ccccc1. The second-order valence-electron chi connectivity index (χ2n) is 10.0. The zero-order chi connectivity index (χ0) is 28.2. The lowest BCUT2D eigenvalue weighted by Crippen LogP contribution is -2.36. The third-order valence-corrected chi connectivity index (χ3v) is 6.91. The molecule has 0 bridgehead atoms. The number of hydrogen-bond acceptors (Lipinski definition) is 6. The van der Waals surface area contributed by atoms with Gasteiger partial charge in [0.1, 0.15) is 11.5 Å². The molecule has 206 valence electrons. The Morgan fingerprint density at radius 1 is 0.769 bits per heavy atom. The summed E-state index contributed by atoms with van der Waals surface area (Å²) in [5.74, 6) is -2.12. The zero-order valence-electron chi connectivity index (χ0n) is 22.0. The van der Waals surface area contributed by atoms with Gasteiger partial charge in [-0.25, -0.2) is 0 Å². The molecule has 0 heterocycles. The van der Waals surface area contributed by atoms with Gasteiger partial charge < -0.3 is 26.8 Å². The number of phenolic OH excluding ortho intramolecular Hbond substituents is 1. The summed E-state index contributed by atoms with van der Waals surface area (Å²) in [5, 5.41) is 31.0. The van der Waals surface area contributed by atoms with Gasteiger partial charge in [-0.15, -0.1) is 0 Å². The Bertz CT molecular complexity index is 1200. The number of amides is 1. The number of Topliss-reactive ketones (excluding diaryl/α,β-unsaturated/α-hetero) is 1. The predicted molar refractivity (Wildman–Crippen MR) is 152 cm³/mol. The van der Waals surface area contributed by atoms with E-state index in [0.717, 1.165) is 16.7 Å². The molecule has 0 saturated carbocycles. The minimum Gasteiger partial charge on any atom is -0.508 e. The number of aliphatic hydroxyl groups excluding tert-OH is 2. The van der Waals surface area contributed by atoms with E-state index < -0.39 is 36.0 Å². The zero-order valence-corrected chi connectivity index (χ0v) is 22.0. The van der Waals surface area contributed by atoms with E-state index in [9.17, 15) is 24.9 Å². The first-order valence-corrected chi connectivity index (χ1v) is 13.2. The van der Waals surface area contributed by atoms with Crippen molar-refractivity contribution in [2.45, 2.75) is 50.4 Å². The molecule has 0 saturated heterocycles. The summed E-state index contributed by atoms with van der Waals surface area (Å²) < 4.78 is 0. The summed E-state index contributed by atoms with van der Waals surface area (Å²) in [6, 6.07) is 24.9. The molecule has 3 aromatic rings. The van der Waals surface area contributed by atoms with Gasteiger partial charge >= 0.3 is 0 Å². The topological polar surface area (TPSA) is 147 Å². The maximum Gasteiger partial charge on any atom is 0.221 e. The van der Waals surface area contributed by atoms with Gasteiger partial charge in [-0.1, -0.05) is 84.9 Å². The molecule has 7 nitrogen and oxygen atoms in total. The van der Waals surface area contributed by atoms with Crippen molar-refractivity contribution in [2.24, 2.45) is 23.3 Å². The molecule has 7 heteroatoms. The molecule has 7 N–H and O–H groups in total. The van der Waals surface area contributed by atoms with E-state index in [2.05, 4.69) is 0 Å². The fourth-order valence-corrected chi connectivity index (χ4v) is 4.57. The van der Waals surface area contributed by atoms with Crippen LogP contribution in [-0.2, 0) is 28.9 Å². The summed E-state index contributed by atoms with van der Waals surface area (Å²) >= 11 is 0. The molecular weight excluding hydrogens is 492 g/mol. The lowest BCUT2D eigenvalue weighted by atomic mass is 9.83. The first-order valence-electron chi connectivity index (χ1n) is 13.2. The number of carbonyl (C=O) groups is 2. The number of rotatable bonds is 15. The molecule has 0 aliphatic heterocycles. The standard InChI is InChI=1S/C32H38N2O5/c33-28(20-24-14-16-26(35)17-15-24)30(37)13-7-12-29(36)27(19-23-10-5-2-6-11-23)31(38)21-25(32(34)39)18-22-8-3-1-4-9-22/h1-12,14-17,25,27-30,35-37H,13,18-21,33H2,(H2,34,39)/b12-7+. The minimum atomic E-state index is -1.12. The van der Waals surface area contributed by atoms with Crippen LogP contribution in [0.25, 0.3) is 0 Å². The van der Waals surface area contributed by atoms with Crippen molar-refractivity contribution < 1.29 is 24.9 Å². The van der Waals surface area contributed by atoms with Crippen molar-refractivity contribution >= 4 is 11.7 Å². The van der Waals surface area contributed by atoms with Crippen LogP contribution < -0.4 is 11.5 Å². The second-order valence-corrected chi connectivity index (χ2v) is 10.0. The predicted octanol–water partition coefficient (Wildman–Crippen LogP) is 3.09. The Hall–Kier alpha value is -3.78. The van der Waals surface area contributed by atoms with Gasteiger partial charge in [0.05, 0.1) is 18.1 Å². The van der Waals surface area contributed by atoms with Gasteiger partial charge in [0.15, 0.2) is 0 Å². The van der Waals surface area contributed by atoms with Crippen molar-refractivity contribution in [1.29, 1.82) is 0 Å². The van der Waals surface area contributed by atoms with E-state index in [0.29, 0.717) is 19.3 Å². The van der Waals surface area contributed by atoms with E-state index in [1.807, 2.05) is 60.7 Å². The van der Waals surface area contributed by atoms with E-state index in [1.165, 1.54) is 6.08 Å². The van der Waals surface area contributed by atoms with E-state index in [1.54, 1.807) is 30.3 Å². The van der Waals surface area contributed by atoms with Gasteiger partial charge in [0, 0.05) is 18.4 Å². The molecule has 0 aliphatic carbocycles. The van der Waals surface area contributed by atoms with Crippen LogP contribution >= 0.6 is 0 Å². The molecule has 3 aromatic carbocycles. The van der Waals surface area contributed by atoms with Crippen LogP contribution in [0.3, 0.4) is 0 Å². The highest BCUT2D eigenvalue weighted by Crippen LogP contribution is 2.22. The Morgan fingerprint density at radius 3 is 1.87 bits per heavy atom. The number of nitrogens with two attached hydrogens (primary N) is 2. The summed E-state index contributed by atoms with van der Waals surface area (Å²) in [5.41, 5.74) is 14.5. The number of aromatic hydroxyl groups is 1. The molecule has 5 unspecified atom stereocenters. The number of phenols is 1. The van der Waals surface area contributed by atoms with Gasteiger partial charge in [0.25, 0.3) is 0 Å². The van der Waals surface area contributed by atoms with Gasteiger partial charge in [-0.05, 0) is 54.5 Å². The lowest BCUT2D eigenvalue weighted by Gasteiger charge is -2.22. The highest BCUT2D eigenvalue weighted by Gasteiger charge is 2.29. The van der Waals surface area contributed by atoms with Crippen molar-refractivity contribution in [1.82, 2.24) is 0 Å². The number of benzene rings is 3. The maximum absolute atomic E-state index is 13.4. The average Bonchev–Trinajstić information content (AvgIpc) is 2.93. The van der Waals surface area contributed by atoms with Crippen LogP contribution in [0.2, 0.25) is 0 Å². The van der Waals surface area contributed by atoms with Crippen LogP contribution in [0, 0.1) is 11.8 Å². The van der Waals surface area contributed by atoms with Gasteiger partial charge in [-0.3, -0.25) is 9.59 Å². The first-order chi connectivity index (χ1) is 18.7. The lowest BCUT2D eigenvalue weighted by molar-refractivity contribution is -0.131. The van der Waals surface area contributed by atoms with Crippen molar-refractivity contribution in [3.8, 4) is 5.75 Å². The average molecular weight is 531 g/mol. The van der Waals surface area contributed by atoms with Crippen LogP contribution in [0.1, 0.15) is 29.5 Å². The molecule has 0 aromatic heterocycles. The molecular formula is C32H38N2O5. The summed E-state index contributed by atoms with van der Waals surface area (Å²) in [6.45, 7) is 0. The van der Waals surface area contributed by atoms with Crippen LogP contribution in [0.4, 0.5) is 0 Å². The van der Waals surface area contributed by atoms with Gasteiger partial charge in [-0.2, -0.15) is 0 Å². The Morgan fingerprint density at radius 2 is 1.31 bits per heavy atom. The number of aliphatic hydroxyl groups is 2. The monoisotopic (exact) mass is 530 g/mol.